The average Bonchev–Trinajstić information content (AvgIpc) is 1.61. The van der Waals surface area contributed by atoms with Gasteiger partial charge >= 0.3 is 0 Å². The van der Waals surface area contributed by atoms with E-state index in [9.17, 15) is 4.79 Å². The molecule has 0 N–H and O–H groups in total. The first-order chi connectivity index (χ1) is 2.91. The lowest BCUT2D eigenvalue weighted by atomic mass is 10.5. The summed E-state index contributed by atoms with van der Waals surface area (Å²) in [4.78, 5) is 18.3. The Balaban J connectivity index is 3.07. The third kappa shape index (κ3) is 3.12. The van der Waals surface area contributed by atoms with Gasteiger partial charge in [-0.25, -0.2) is 4.79 Å². The lowest BCUT2D eigenvalue weighted by molar-refractivity contribution is 0.553. The summed E-state index contributed by atoms with van der Waals surface area (Å²) in [7, 11) is 0. The van der Waals surface area contributed by atoms with Gasteiger partial charge in [-0.3, -0.25) is 4.79 Å². The molecule has 30 valence electrons. The van der Waals surface area contributed by atoms with Gasteiger partial charge in [-0.2, -0.15) is 0 Å². The van der Waals surface area contributed by atoms with Gasteiger partial charge in [-0.15, -0.1) is 0 Å². The maximum Gasteiger partial charge on any atom is 0.203 e. The SMILES string of the molecule is O=[C]C[C]=C=O. The lowest BCUT2D eigenvalue weighted by Gasteiger charge is -1.53. The minimum absolute atomic E-state index is 0.0660. The van der Waals surface area contributed by atoms with Crippen molar-refractivity contribution >= 4 is 12.2 Å². The zero-order chi connectivity index (χ0) is 4.83. The molecule has 6 heavy (non-hydrogen) atoms. The van der Waals surface area contributed by atoms with E-state index in [1.165, 1.54) is 12.2 Å². The number of hydrogen-bond acceptors (Lipinski definition) is 2. The highest BCUT2D eigenvalue weighted by Crippen LogP contribution is 1.60. The van der Waals surface area contributed by atoms with Gasteiger partial charge < -0.3 is 0 Å². The van der Waals surface area contributed by atoms with E-state index in [-0.39, 0.29) is 6.42 Å². The molecular weight excluding hydrogens is 80.0 g/mol. The molecule has 0 rings (SSSR count). The highest BCUT2D eigenvalue weighted by Gasteiger charge is 1.68. The second-order valence-corrected chi connectivity index (χ2v) is 0.600. The fraction of sp³-hybridized carbons (Fsp3) is 0.250. The largest absolute Gasteiger partial charge is 0.290 e. The fourth-order valence-corrected chi connectivity index (χ4v) is 0.0722. The van der Waals surface area contributed by atoms with E-state index in [2.05, 4.69) is 0 Å². The smallest absolute Gasteiger partial charge is 0.203 e. The molecule has 2 heteroatoms. The fourth-order valence-electron chi connectivity index (χ4n) is 0.0722. The number of carbonyl (C=O) groups excluding carboxylic acids is 2. The van der Waals surface area contributed by atoms with Crippen molar-refractivity contribution in [3.05, 3.63) is 6.08 Å². The molecule has 0 aliphatic carbocycles. The molecule has 0 aromatic heterocycles. The van der Waals surface area contributed by atoms with E-state index in [1.54, 1.807) is 0 Å². The van der Waals surface area contributed by atoms with Crippen LogP contribution in [0.4, 0.5) is 0 Å². The van der Waals surface area contributed by atoms with Crippen LogP contribution in [0.1, 0.15) is 6.42 Å². The summed E-state index contributed by atoms with van der Waals surface area (Å²) in [6.07, 6.45) is 3.35. The van der Waals surface area contributed by atoms with Crippen molar-refractivity contribution in [2.75, 3.05) is 0 Å². The molecule has 0 fully saturated rings. The summed E-state index contributed by atoms with van der Waals surface area (Å²) in [5, 5.41) is 0. The standard InChI is InChI=1S/C4H2O2/c5-3-1-2-4-6/h1H2. The van der Waals surface area contributed by atoms with E-state index < -0.39 is 0 Å². The van der Waals surface area contributed by atoms with E-state index in [0.717, 1.165) is 0 Å². The summed E-state index contributed by atoms with van der Waals surface area (Å²) in [6, 6.07) is 0. The third-order valence-electron chi connectivity index (χ3n) is 0.233. The van der Waals surface area contributed by atoms with Crippen molar-refractivity contribution in [2.24, 2.45) is 0 Å². The van der Waals surface area contributed by atoms with Crippen LogP contribution in [0.2, 0.25) is 0 Å². The molecule has 0 aliphatic heterocycles. The molecule has 0 heterocycles. The Hall–Kier alpha value is -0.880. The predicted octanol–water partition coefficient (Wildman–Crippen LogP) is -0.323. The van der Waals surface area contributed by atoms with E-state index in [4.69, 9.17) is 4.79 Å². The topological polar surface area (TPSA) is 34.1 Å². The Bertz CT molecular complexity index is 79.5. The average molecular weight is 82.1 g/mol. The Morgan fingerprint density at radius 1 is 1.33 bits per heavy atom. The van der Waals surface area contributed by atoms with Crippen LogP contribution >= 0.6 is 0 Å². The summed E-state index contributed by atoms with van der Waals surface area (Å²) in [5.41, 5.74) is 0. The number of rotatable bonds is 2. The molecular formula is C4H2O2. The molecule has 0 bridgehead atoms. The highest BCUT2D eigenvalue weighted by molar-refractivity contribution is 5.56. The maximum absolute atomic E-state index is 9.20. The highest BCUT2D eigenvalue weighted by atomic mass is 16.1. The number of allylic oxidation sites excluding steroid dienone is 1. The summed E-state index contributed by atoms with van der Waals surface area (Å²) in [6.45, 7) is 0. The maximum atomic E-state index is 9.20. The van der Waals surface area contributed by atoms with Gasteiger partial charge in [0.1, 0.15) is 5.94 Å². The normalized spacial score (nSPS) is 6.00. The Morgan fingerprint density at radius 2 is 2.00 bits per heavy atom. The molecule has 0 amide bonds. The van der Waals surface area contributed by atoms with Gasteiger partial charge in [0.25, 0.3) is 0 Å². The minimum atomic E-state index is -0.0660. The van der Waals surface area contributed by atoms with Gasteiger partial charge in [0, 0.05) is 0 Å². The van der Waals surface area contributed by atoms with Gasteiger partial charge in [0.2, 0.25) is 6.29 Å². The van der Waals surface area contributed by atoms with Gasteiger partial charge in [-0.1, -0.05) is 0 Å². The van der Waals surface area contributed by atoms with Crippen LogP contribution in [0.15, 0.2) is 0 Å². The number of hydrogen-bond donors (Lipinski definition) is 0. The molecule has 0 unspecified atom stereocenters. The molecule has 0 aromatic rings. The minimum Gasteiger partial charge on any atom is -0.290 e. The monoisotopic (exact) mass is 82.0 g/mol. The van der Waals surface area contributed by atoms with Crippen LogP contribution in [0, 0.1) is 6.08 Å². The Morgan fingerprint density at radius 3 is 2.17 bits per heavy atom. The van der Waals surface area contributed by atoms with E-state index >= 15 is 0 Å². The Kier molecular flexibility index (Phi) is 3.52. The van der Waals surface area contributed by atoms with Crippen LogP contribution in [-0.4, -0.2) is 12.2 Å². The van der Waals surface area contributed by atoms with E-state index in [0.29, 0.717) is 0 Å². The lowest BCUT2D eigenvalue weighted by Crippen LogP contribution is -1.64. The van der Waals surface area contributed by atoms with Crippen molar-refractivity contribution < 1.29 is 9.59 Å². The van der Waals surface area contributed by atoms with Crippen LogP contribution in [0.25, 0.3) is 0 Å². The summed E-state index contributed by atoms with van der Waals surface area (Å²) >= 11 is 0. The third-order valence-corrected chi connectivity index (χ3v) is 0.233. The molecule has 0 spiro atoms. The second-order valence-electron chi connectivity index (χ2n) is 0.600. The van der Waals surface area contributed by atoms with Crippen LogP contribution < -0.4 is 0 Å². The second kappa shape index (κ2) is 4.12. The van der Waals surface area contributed by atoms with Gasteiger partial charge in [-0.05, 0) is 0 Å². The zero-order valence-electron chi connectivity index (χ0n) is 3.02. The van der Waals surface area contributed by atoms with Crippen molar-refractivity contribution in [1.82, 2.24) is 0 Å². The van der Waals surface area contributed by atoms with Crippen molar-refractivity contribution in [1.29, 1.82) is 0 Å². The van der Waals surface area contributed by atoms with Crippen molar-refractivity contribution in [2.45, 2.75) is 6.42 Å². The molecule has 2 radical (unpaired) electrons. The molecule has 0 aromatic carbocycles. The molecule has 2 nitrogen and oxygen atoms in total. The van der Waals surface area contributed by atoms with Crippen LogP contribution in [0.3, 0.4) is 0 Å². The van der Waals surface area contributed by atoms with Crippen molar-refractivity contribution in [3.63, 3.8) is 0 Å². The summed E-state index contributed by atoms with van der Waals surface area (Å²) in [5.74, 6) is 1.31. The molecule has 0 atom stereocenters. The summed E-state index contributed by atoms with van der Waals surface area (Å²) < 4.78 is 0. The molecule has 0 saturated heterocycles. The van der Waals surface area contributed by atoms with Gasteiger partial charge in [0.05, 0.1) is 12.5 Å². The van der Waals surface area contributed by atoms with E-state index in [1.807, 2.05) is 6.08 Å². The first-order valence-electron chi connectivity index (χ1n) is 1.37. The van der Waals surface area contributed by atoms with Crippen LogP contribution in [-0.2, 0) is 9.59 Å². The zero-order valence-corrected chi connectivity index (χ0v) is 3.02. The van der Waals surface area contributed by atoms with Gasteiger partial charge in [0.15, 0.2) is 0 Å². The molecule has 0 aliphatic rings. The Labute approximate surface area is 35.5 Å². The quantitative estimate of drug-likeness (QED) is 0.428. The first-order valence-corrected chi connectivity index (χ1v) is 1.37. The molecule has 0 saturated carbocycles. The predicted molar refractivity (Wildman–Crippen MR) is 19.2 cm³/mol. The van der Waals surface area contributed by atoms with Crippen LogP contribution in [0.5, 0.6) is 0 Å². The van der Waals surface area contributed by atoms with Crippen molar-refractivity contribution in [3.8, 4) is 0 Å². The first kappa shape index (κ1) is 5.12.